The molecule has 2 atom stereocenters. The quantitative estimate of drug-likeness (QED) is 0.797. The van der Waals surface area contributed by atoms with Crippen LogP contribution in [0.4, 0.5) is 0 Å². The van der Waals surface area contributed by atoms with Crippen molar-refractivity contribution in [3.05, 3.63) is 11.8 Å². The summed E-state index contributed by atoms with van der Waals surface area (Å²) in [6.45, 7) is 2.92. The van der Waals surface area contributed by atoms with Crippen LogP contribution in [0.5, 0.6) is 0 Å². The standard InChI is InChI=1S/C10H17N3O/c1-7-4-3-5-8(7)10-13-12-9(14-10)6-11-2/h7-8,11H,3-6H2,1-2H3. The highest BCUT2D eigenvalue weighted by Crippen LogP contribution is 2.38. The van der Waals surface area contributed by atoms with E-state index in [1.807, 2.05) is 7.05 Å². The van der Waals surface area contributed by atoms with Crippen LogP contribution in [0.3, 0.4) is 0 Å². The van der Waals surface area contributed by atoms with Gasteiger partial charge in [0.25, 0.3) is 0 Å². The van der Waals surface area contributed by atoms with E-state index in [1.165, 1.54) is 19.3 Å². The summed E-state index contributed by atoms with van der Waals surface area (Å²) in [6, 6.07) is 0. The molecular formula is C10H17N3O. The lowest BCUT2D eigenvalue weighted by atomic mass is 9.98. The Bertz CT molecular complexity index is 297. The molecule has 0 radical (unpaired) electrons. The molecule has 14 heavy (non-hydrogen) atoms. The van der Waals surface area contributed by atoms with E-state index >= 15 is 0 Å². The van der Waals surface area contributed by atoms with Crippen LogP contribution in [-0.2, 0) is 6.54 Å². The van der Waals surface area contributed by atoms with Crippen LogP contribution >= 0.6 is 0 Å². The van der Waals surface area contributed by atoms with Crippen molar-refractivity contribution in [1.82, 2.24) is 15.5 Å². The van der Waals surface area contributed by atoms with Crippen molar-refractivity contribution in [2.75, 3.05) is 7.05 Å². The van der Waals surface area contributed by atoms with Crippen molar-refractivity contribution < 1.29 is 4.42 Å². The van der Waals surface area contributed by atoms with Crippen LogP contribution in [0.25, 0.3) is 0 Å². The minimum Gasteiger partial charge on any atom is -0.424 e. The first-order valence-electron chi connectivity index (χ1n) is 5.28. The summed E-state index contributed by atoms with van der Waals surface area (Å²) < 4.78 is 5.59. The van der Waals surface area contributed by atoms with Gasteiger partial charge >= 0.3 is 0 Å². The SMILES string of the molecule is CNCc1nnc(C2CCCC2C)o1. The Hall–Kier alpha value is -0.900. The molecular weight excluding hydrogens is 178 g/mol. The zero-order valence-electron chi connectivity index (χ0n) is 8.79. The fourth-order valence-corrected chi connectivity index (χ4v) is 2.15. The summed E-state index contributed by atoms with van der Waals surface area (Å²) in [5, 5.41) is 11.1. The Morgan fingerprint density at radius 2 is 2.29 bits per heavy atom. The minimum atomic E-state index is 0.494. The van der Waals surface area contributed by atoms with Crippen molar-refractivity contribution in [3.63, 3.8) is 0 Å². The van der Waals surface area contributed by atoms with Crippen LogP contribution in [0.1, 0.15) is 43.9 Å². The Morgan fingerprint density at radius 1 is 1.43 bits per heavy atom. The highest BCUT2D eigenvalue weighted by Gasteiger charge is 2.29. The van der Waals surface area contributed by atoms with Gasteiger partial charge in [-0.25, -0.2) is 0 Å². The normalized spacial score (nSPS) is 27.0. The summed E-state index contributed by atoms with van der Waals surface area (Å²) in [6.07, 6.45) is 3.77. The van der Waals surface area contributed by atoms with Gasteiger partial charge in [0.05, 0.1) is 6.54 Å². The molecule has 78 valence electrons. The number of aromatic nitrogens is 2. The summed E-state index contributed by atoms with van der Waals surface area (Å²) in [7, 11) is 1.88. The molecule has 0 amide bonds. The molecule has 1 aromatic heterocycles. The fourth-order valence-electron chi connectivity index (χ4n) is 2.15. The zero-order valence-corrected chi connectivity index (χ0v) is 8.79. The molecule has 1 aliphatic carbocycles. The lowest BCUT2D eigenvalue weighted by molar-refractivity contribution is 0.376. The molecule has 1 heterocycles. The molecule has 1 fully saturated rings. The lowest BCUT2D eigenvalue weighted by Crippen LogP contribution is -2.05. The lowest BCUT2D eigenvalue weighted by Gasteiger charge is -2.08. The number of rotatable bonds is 3. The Labute approximate surface area is 84.1 Å². The highest BCUT2D eigenvalue weighted by molar-refractivity contribution is 4.97. The first kappa shape index (κ1) is 9.65. The molecule has 1 saturated carbocycles. The molecule has 0 saturated heterocycles. The topological polar surface area (TPSA) is 51.0 Å². The third-order valence-corrected chi connectivity index (χ3v) is 2.99. The third-order valence-electron chi connectivity index (χ3n) is 2.99. The first-order chi connectivity index (χ1) is 6.81. The monoisotopic (exact) mass is 195 g/mol. The van der Waals surface area contributed by atoms with E-state index in [-0.39, 0.29) is 0 Å². The maximum atomic E-state index is 5.59. The van der Waals surface area contributed by atoms with Crippen LogP contribution in [0.2, 0.25) is 0 Å². The van der Waals surface area contributed by atoms with Crippen LogP contribution in [0.15, 0.2) is 4.42 Å². The van der Waals surface area contributed by atoms with E-state index in [9.17, 15) is 0 Å². The second-order valence-electron chi connectivity index (χ2n) is 4.08. The molecule has 0 bridgehead atoms. The predicted molar refractivity (Wildman–Crippen MR) is 52.8 cm³/mol. The molecule has 1 aliphatic rings. The molecule has 4 nitrogen and oxygen atoms in total. The van der Waals surface area contributed by atoms with Gasteiger partial charge in [-0.3, -0.25) is 0 Å². The second kappa shape index (κ2) is 4.09. The number of hydrogen-bond donors (Lipinski definition) is 1. The molecule has 4 heteroatoms. The summed E-state index contributed by atoms with van der Waals surface area (Å²) in [5.41, 5.74) is 0. The molecule has 2 unspecified atom stereocenters. The van der Waals surface area contributed by atoms with E-state index in [0.717, 1.165) is 5.89 Å². The van der Waals surface area contributed by atoms with Crippen molar-refractivity contribution in [1.29, 1.82) is 0 Å². The van der Waals surface area contributed by atoms with Crippen LogP contribution in [-0.4, -0.2) is 17.2 Å². The molecule has 1 aromatic rings. The second-order valence-corrected chi connectivity index (χ2v) is 4.08. The van der Waals surface area contributed by atoms with Gasteiger partial charge in [0.2, 0.25) is 11.8 Å². The fraction of sp³-hybridized carbons (Fsp3) is 0.800. The Morgan fingerprint density at radius 3 is 2.93 bits per heavy atom. The summed E-state index contributed by atoms with van der Waals surface area (Å²) in [4.78, 5) is 0. The minimum absolute atomic E-state index is 0.494. The van der Waals surface area contributed by atoms with Gasteiger partial charge in [0, 0.05) is 5.92 Å². The molecule has 0 aromatic carbocycles. The Balaban J connectivity index is 2.08. The number of nitrogens with one attached hydrogen (secondary N) is 1. The van der Waals surface area contributed by atoms with Gasteiger partial charge in [0.15, 0.2) is 0 Å². The molecule has 2 rings (SSSR count). The van der Waals surface area contributed by atoms with E-state index in [4.69, 9.17) is 4.42 Å². The van der Waals surface area contributed by atoms with E-state index < -0.39 is 0 Å². The number of nitrogens with zero attached hydrogens (tertiary/aromatic N) is 2. The maximum absolute atomic E-state index is 5.59. The first-order valence-corrected chi connectivity index (χ1v) is 5.28. The van der Waals surface area contributed by atoms with Gasteiger partial charge in [-0.2, -0.15) is 0 Å². The smallest absolute Gasteiger partial charge is 0.230 e. The number of hydrogen-bond acceptors (Lipinski definition) is 4. The highest BCUT2D eigenvalue weighted by atomic mass is 16.4. The zero-order chi connectivity index (χ0) is 9.97. The van der Waals surface area contributed by atoms with E-state index in [1.54, 1.807) is 0 Å². The van der Waals surface area contributed by atoms with E-state index in [2.05, 4.69) is 22.4 Å². The average molecular weight is 195 g/mol. The third kappa shape index (κ3) is 1.80. The van der Waals surface area contributed by atoms with Crippen molar-refractivity contribution in [2.45, 2.75) is 38.6 Å². The molecule has 1 N–H and O–H groups in total. The van der Waals surface area contributed by atoms with Crippen molar-refractivity contribution in [2.24, 2.45) is 5.92 Å². The molecule has 0 aliphatic heterocycles. The van der Waals surface area contributed by atoms with Crippen LogP contribution < -0.4 is 5.32 Å². The average Bonchev–Trinajstić information content (AvgIpc) is 2.74. The van der Waals surface area contributed by atoms with Gasteiger partial charge in [-0.05, 0) is 25.8 Å². The molecule has 0 spiro atoms. The van der Waals surface area contributed by atoms with Crippen molar-refractivity contribution >= 4 is 0 Å². The van der Waals surface area contributed by atoms with E-state index in [0.29, 0.717) is 24.3 Å². The van der Waals surface area contributed by atoms with Gasteiger partial charge in [0.1, 0.15) is 0 Å². The largest absolute Gasteiger partial charge is 0.424 e. The summed E-state index contributed by atoms with van der Waals surface area (Å²) >= 11 is 0. The predicted octanol–water partition coefficient (Wildman–Crippen LogP) is 1.69. The summed E-state index contributed by atoms with van der Waals surface area (Å²) in [5.74, 6) is 2.72. The van der Waals surface area contributed by atoms with Crippen molar-refractivity contribution in [3.8, 4) is 0 Å². The maximum Gasteiger partial charge on any atom is 0.230 e. The van der Waals surface area contributed by atoms with Gasteiger partial charge in [-0.15, -0.1) is 10.2 Å². The Kier molecular flexibility index (Phi) is 2.82. The van der Waals surface area contributed by atoms with Gasteiger partial charge < -0.3 is 9.73 Å². The van der Waals surface area contributed by atoms with Gasteiger partial charge in [-0.1, -0.05) is 13.3 Å². The van der Waals surface area contributed by atoms with Crippen LogP contribution in [0, 0.1) is 5.92 Å².